The Kier molecular flexibility index (Phi) is 4.48. The maximum absolute atomic E-state index is 9.21. The first kappa shape index (κ1) is 11.9. The van der Waals surface area contributed by atoms with E-state index in [0.29, 0.717) is 13.1 Å². The molecule has 4 N–H and O–H groups in total. The Morgan fingerprint density at radius 2 is 2.40 bits per heavy atom. The summed E-state index contributed by atoms with van der Waals surface area (Å²) in [5.74, 6) is 5.30. The first-order valence-electron chi connectivity index (χ1n) is 4.90. The van der Waals surface area contributed by atoms with Crippen molar-refractivity contribution in [2.75, 3.05) is 19.0 Å². The molecule has 1 heterocycles. The Hall–Kier alpha value is -1.17. The van der Waals surface area contributed by atoms with Gasteiger partial charge in [0.1, 0.15) is 0 Å². The van der Waals surface area contributed by atoms with Crippen LogP contribution in [0.5, 0.6) is 0 Å². The molecule has 0 amide bonds. The average Bonchev–Trinajstić information content (AvgIpc) is 2.16. The fourth-order valence-electron chi connectivity index (χ4n) is 1.45. The number of likely N-dealkylation sites (N-methyl/N-ethyl adjacent to an activating group) is 1. The predicted molar refractivity (Wildman–Crippen MR) is 60.1 cm³/mol. The zero-order chi connectivity index (χ0) is 11.3. The summed E-state index contributed by atoms with van der Waals surface area (Å²) in [5.41, 5.74) is 4.34. The minimum Gasteiger partial charge on any atom is -0.392 e. The van der Waals surface area contributed by atoms with E-state index in [1.54, 1.807) is 19.2 Å². The zero-order valence-electron chi connectivity index (χ0n) is 9.14. The number of hydrazine groups is 1. The van der Waals surface area contributed by atoms with Gasteiger partial charge in [-0.15, -0.1) is 0 Å². The molecule has 0 aliphatic rings. The Balaban J connectivity index is 2.55. The summed E-state index contributed by atoms with van der Waals surface area (Å²) in [5, 5.41) is 9.21. The van der Waals surface area contributed by atoms with Gasteiger partial charge in [0, 0.05) is 19.3 Å². The second-order valence-corrected chi connectivity index (χ2v) is 3.73. The summed E-state index contributed by atoms with van der Waals surface area (Å²) in [6.45, 7) is 3.09. The summed E-state index contributed by atoms with van der Waals surface area (Å²) in [4.78, 5) is 6.22. The molecule has 0 fully saturated rings. The number of nitrogens with zero attached hydrogens (tertiary/aromatic N) is 2. The molecule has 1 aromatic heterocycles. The summed E-state index contributed by atoms with van der Waals surface area (Å²) in [7, 11) is 1.94. The van der Waals surface area contributed by atoms with Gasteiger partial charge >= 0.3 is 0 Å². The zero-order valence-corrected chi connectivity index (χ0v) is 9.14. The quantitative estimate of drug-likeness (QED) is 0.477. The fraction of sp³-hybridized carbons (Fsp3) is 0.500. The number of nitrogens with two attached hydrogens (primary N) is 1. The van der Waals surface area contributed by atoms with Crippen LogP contribution < -0.4 is 11.3 Å². The molecule has 0 spiro atoms. The van der Waals surface area contributed by atoms with E-state index in [1.165, 1.54) is 0 Å². The van der Waals surface area contributed by atoms with Crippen LogP contribution in [0.2, 0.25) is 0 Å². The van der Waals surface area contributed by atoms with E-state index in [-0.39, 0.29) is 6.10 Å². The largest absolute Gasteiger partial charge is 0.392 e. The molecule has 0 saturated heterocycles. The number of hydrogen-bond donors (Lipinski definition) is 3. The molecule has 1 atom stereocenters. The highest BCUT2D eigenvalue weighted by Crippen LogP contribution is 2.07. The van der Waals surface area contributed by atoms with Crippen molar-refractivity contribution < 1.29 is 5.11 Å². The highest BCUT2D eigenvalue weighted by molar-refractivity contribution is 5.41. The first-order chi connectivity index (χ1) is 7.11. The summed E-state index contributed by atoms with van der Waals surface area (Å²) < 4.78 is 0. The van der Waals surface area contributed by atoms with Crippen LogP contribution in [0.15, 0.2) is 18.3 Å². The molecular formula is C10H18N4O. The molecular weight excluding hydrogens is 192 g/mol. The lowest BCUT2D eigenvalue weighted by atomic mass is 10.3. The molecule has 1 aromatic rings. The summed E-state index contributed by atoms with van der Waals surface area (Å²) in [6.07, 6.45) is 1.38. The number of hydrogen-bond acceptors (Lipinski definition) is 5. The van der Waals surface area contributed by atoms with Crippen LogP contribution in [-0.2, 0) is 6.54 Å². The van der Waals surface area contributed by atoms with Crippen LogP contribution in [0.3, 0.4) is 0 Å². The molecule has 0 radical (unpaired) electrons. The van der Waals surface area contributed by atoms with Crippen molar-refractivity contribution in [1.82, 2.24) is 9.88 Å². The van der Waals surface area contributed by atoms with Crippen molar-refractivity contribution in [3.63, 3.8) is 0 Å². The third-order valence-corrected chi connectivity index (χ3v) is 1.99. The summed E-state index contributed by atoms with van der Waals surface area (Å²) >= 11 is 0. The van der Waals surface area contributed by atoms with Crippen molar-refractivity contribution in [3.8, 4) is 0 Å². The molecule has 0 aromatic carbocycles. The Morgan fingerprint density at radius 3 is 3.00 bits per heavy atom. The highest BCUT2D eigenvalue weighted by Gasteiger charge is 2.04. The molecule has 5 nitrogen and oxygen atoms in total. The molecule has 0 aliphatic heterocycles. The number of nitrogen functional groups attached to an aromatic ring is 1. The van der Waals surface area contributed by atoms with Crippen LogP contribution in [-0.4, -0.2) is 34.7 Å². The Bertz CT molecular complexity index is 303. The number of rotatable bonds is 5. The maximum Gasteiger partial charge on any atom is 0.0639 e. The monoisotopic (exact) mass is 210 g/mol. The van der Waals surface area contributed by atoms with Gasteiger partial charge < -0.3 is 10.5 Å². The van der Waals surface area contributed by atoms with Crippen molar-refractivity contribution in [2.24, 2.45) is 5.84 Å². The molecule has 0 saturated carbocycles. The number of aromatic nitrogens is 1. The predicted octanol–water partition coefficient (Wildman–Crippen LogP) is 0.180. The van der Waals surface area contributed by atoms with Crippen molar-refractivity contribution in [1.29, 1.82) is 0 Å². The van der Waals surface area contributed by atoms with Crippen molar-refractivity contribution in [2.45, 2.75) is 19.6 Å². The van der Waals surface area contributed by atoms with Gasteiger partial charge in [0.15, 0.2) is 0 Å². The first-order valence-corrected chi connectivity index (χ1v) is 4.90. The van der Waals surface area contributed by atoms with E-state index in [2.05, 4.69) is 10.4 Å². The van der Waals surface area contributed by atoms with Crippen LogP contribution in [0.4, 0.5) is 5.69 Å². The van der Waals surface area contributed by atoms with Gasteiger partial charge in [0.2, 0.25) is 0 Å². The van der Waals surface area contributed by atoms with Gasteiger partial charge in [-0.1, -0.05) is 0 Å². The maximum atomic E-state index is 9.21. The molecule has 5 heteroatoms. The lowest BCUT2D eigenvalue weighted by Crippen LogP contribution is -2.27. The van der Waals surface area contributed by atoms with Gasteiger partial charge in [0.25, 0.3) is 0 Å². The minimum atomic E-state index is -0.328. The minimum absolute atomic E-state index is 0.328. The smallest absolute Gasteiger partial charge is 0.0639 e. The van der Waals surface area contributed by atoms with Crippen LogP contribution in [0, 0.1) is 0 Å². The molecule has 1 unspecified atom stereocenters. The fourth-order valence-corrected chi connectivity index (χ4v) is 1.45. The lowest BCUT2D eigenvalue weighted by molar-refractivity contribution is 0.138. The van der Waals surface area contributed by atoms with E-state index >= 15 is 0 Å². The van der Waals surface area contributed by atoms with E-state index < -0.39 is 0 Å². The standard InChI is InChI=1S/C10H18N4O/c1-8(15)6-14(2)7-10-5-9(13-11)3-4-12-10/h3-5,8,15H,6-7,11H2,1-2H3,(H,12,13). The number of aliphatic hydroxyl groups is 1. The highest BCUT2D eigenvalue weighted by atomic mass is 16.3. The van der Waals surface area contributed by atoms with Crippen LogP contribution in [0.1, 0.15) is 12.6 Å². The van der Waals surface area contributed by atoms with Gasteiger partial charge in [-0.2, -0.15) is 0 Å². The van der Waals surface area contributed by atoms with Gasteiger partial charge in [-0.25, -0.2) is 0 Å². The average molecular weight is 210 g/mol. The van der Waals surface area contributed by atoms with E-state index in [0.717, 1.165) is 11.4 Å². The van der Waals surface area contributed by atoms with Crippen LogP contribution >= 0.6 is 0 Å². The SMILES string of the molecule is CC(O)CN(C)Cc1cc(NN)ccn1. The van der Waals surface area contributed by atoms with Gasteiger partial charge in [-0.3, -0.25) is 15.7 Å². The lowest BCUT2D eigenvalue weighted by Gasteiger charge is -2.17. The van der Waals surface area contributed by atoms with E-state index in [9.17, 15) is 5.11 Å². The third-order valence-electron chi connectivity index (χ3n) is 1.99. The number of anilines is 1. The molecule has 1 rings (SSSR count). The second-order valence-electron chi connectivity index (χ2n) is 3.73. The van der Waals surface area contributed by atoms with E-state index in [1.807, 2.05) is 18.0 Å². The molecule has 0 bridgehead atoms. The van der Waals surface area contributed by atoms with Gasteiger partial charge in [0.05, 0.1) is 17.5 Å². The Morgan fingerprint density at radius 1 is 1.67 bits per heavy atom. The molecule has 0 aliphatic carbocycles. The molecule has 84 valence electrons. The number of nitrogens with one attached hydrogen (secondary N) is 1. The third kappa shape index (κ3) is 4.24. The van der Waals surface area contributed by atoms with Crippen molar-refractivity contribution >= 4 is 5.69 Å². The normalized spacial score (nSPS) is 12.9. The summed E-state index contributed by atoms with van der Waals surface area (Å²) in [6, 6.07) is 3.69. The Labute approximate surface area is 89.9 Å². The number of pyridine rings is 1. The molecule has 15 heavy (non-hydrogen) atoms. The van der Waals surface area contributed by atoms with Gasteiger partial charge in [-0.05, 0) is 26.1 Å². The topological polar surface area (TPSA) is 74.4 Å². The van der Waals surface area contributed by atoms with Crippen molar-refractivity contribution in [3.05, 3.63) is 24.0 Å². The number of aliphatic hydroxyl groups excluding tert-OH is 1. The van der Waals surface area contributed by atoms with E-state index in [4.69, 9.17) is 5.84 Å². The second kappa shape index (κ2) is 5.65. The van der Waals surface area contributed by atoms with Crippen LogP contribution in [0.25, 0.3) is 0 Å².